The highest BCUT2D eigenvalue weighted by molar-refractivity contribution is 8.11. The van der Waals surface area contributed by atoms with Gasteiger partial charge in [0.2, 0.25) is 0 Å². The molecule has 0 heterocycles. The fourth-order valence-electron chi connectivity index (χ4n) is 0.152. The smallest absolute Gasteiger partial charge is 0.382 e. The highest BCUT2D eigenvalue weighted by atomic mass is 35.5. The van der Waals surface area contributed by atoms with E-state index in [1.165, 1.54) is 0 Å². The molecule has 8 heavy (non-hydrogen) atoms. The van der Waals surface area contributed by atoms with Gasteiger partial charge in [-0.25, -0.2) is 4.79 Å². The highest BCUT2D eigenvalue weighted by Crippen LogP contribution is 1.91. The third-order valence-electron chi connectivity index (χ3n) is 0.358. The van der Waals surface area contributed by atoms with Gasteiger partial charge in [-0.15, -0.1) is 12.4 Å². The molecule has 0 aromatic heterocycles. The van der Waals surface area contributed by atoms with Gasteiger partial charge in [-0.2, -0.15) is 0 Å². The Morgan fingerprint density at radius 3 is 2.50 bits per heavy atom. The third kappa shape index (κ3) is 6.07. The molecule has 0 unspecified atom stereocenters. The Labute approximate surface area is 58.5 Å². The van der Waals surface area contributed by atoms with Crippen molar-refractivity contribution in [3.63, 3.8) is 0 Å². The molecule has 0 saturated carbocycles. The Morgan fingerprint density at radius 1 is 1.88 bits per heavy atom. The van der Waals surface area contributed by atoms with Crippen LogP contribution in [0.15, 0.2) is 0 Å². The van der Waals surface area contributed by atoms with Crippen LogP contribution < -0.4 is 5.14 Å². The van der Waals surface area contributed by atoms with Crippen LogP contribution in [0.4, 0.5) is 4.79 Å². The lowest BCUT2D eigenvalue weighted by molar-refractivity contribution is 0.181. The molecule has 5 heteroatoms. The van der Waals surface area contributed by atoms with Crippen molar-refractivity contribution in [1.29, 1.82) is 0 Å². The molecule has 0 bridgehead atoms. The zero-order valence-corrected chi connectivity index (χ0v) is 6.05. The van der Waals surface area contributed by atoms with Gasteiger partial charge in [0.15, 0.2) is 0 Å². The molecule has 50 valence electrons. The van der Waals surface area contributed by atoms with Crippen LogP contribution in [0.3, 0.4) is 0 Å². The second kappa shape index (κ2) is 7.07. The molecule has 0 aromatic carbocycles. The van der Waals surface area contributed by atoms with Gasteiger partial charge in [-0.3, -0.25) is 5.14 Å². The van der Waals surface area contributed by atoms with Crippen molar-refractivity contribution in [1.82, 2.24) is 0 Å². The summed E-state index contributed by atoms with van der Waals surface area (Å²) < 4.78 is 4.39. The molecule has 0 rings (SSSR count). The molecule has 0 radical (unpaired) electrons. The predicted octanol–water partition coefficient (Wildman–Crippen LogP) is 1.17. The van der Waals surface area contributed by atoms with Crippen LogP contribution in [0, 0.1) is 0 Å². The lowest BCUT2D eigenvalue weighted by atomic mass is 10.9. The van der Waals surface area contributed by atoms with Crippen molar-refractivity contribution in [3.8, 4) is 0 Å². The summed E-state index contributed by atoms with van der Waals surface area (Å²) in [6.45, 7) is 2.12. The zero-order chi connectivity index (χ0) is 5.70. The number of rotatable bonds is 1. The van der Waals surface area contributed by atoms with E-state index in [1.54, 1.807) is 6.92 Å². The standard InChI is InChI=1S/C3H7NO2S.ClH/c1-2-6-3(5)7-4;/h2,4H2,1H3;1H. The number of ether oxygens (including phenoxy) is 1. The fourth-order valence-corrected chi connectivity index (χ4v) is 0.338. The maximum atomic E-state index is 10.0. The van der Waals surface area contributed by atoms with Gasteiger partial charge in [0, 0.05) is 11.9 Å². The highest BCUT2D eigenvalue weighted by Gasteiger charge is 1.93. The van der Waals surface area contributed by atoms with Gasteiger partial charge in [-0.1, -0.05) is 0 Å². The van der Waals surface area contributed by atoms with E-state index >= 15 is 0 Å². The first-order valence-corrected chi connectivity index (χ1v) is 2.72. The summed E-state index contributed by atoms with van der Waals surface area (Å²) in [5, 5.41) is 4.37. The summed E-state index contributed by atoms with van der Waals surface area (Å²) >= 11 is 0.588. The topological polar surface area (TPSA) is 52.3 Å². The number of carbonyl (C=O) groups excluding carboxylic acids is 1. The van der Waals surface area contributed by atoms with Crippen molar-refractivity contribution in [2.24, 2.45) is 5.14 Å². The second-order valence-corrected chi connectivity index (χ2v) is 1.37. The molecule has 0 fully saturated rings. The predicted molar refractivity (Wildman–Crippen MR) is 36.0 cm³/mol. The molecule has 0 aliphatic rings. The van der Waals surface area contributed by atoms with Gasteiger partial charge in [0.05, 0.1) is 6.61 Å². The molecule has 3 nitrogen and oxygen atoms in total. The van der Waals surface area contributed by atoms with Crippen LogP contribution in [-0.2, 0) is 4.74 Å². The van der Waals surface area contributed by atoms with Crippen molar-refractivity contribution in [2.75, 3.05) is 6.61 Å². The van der Waals surface area contributed by atoms with Gasteiger partial charge < -0.3 is 4.74 Å². The lowest BCUT2D eigenvalue weighted by Gasteiger charge is -1.92. The first-order valence-electron chi connectivity index (χ1n) is 1.84. The van der Waals surface area contributed by atoms with E-state index in [4.69, 9.17) is 5.14 Å². The Balaban J connectivity index is 0. The number of halogens is 1. The minimum absolute atomic E-state index is 0. The fraction of sp³-hybridized carbons (Fsp3) is 0.667. The minimum atomic E-state index is -0.428. The molecule has 0 aliphatic carbocycles. The van der Waals surface area contributed by atoms with E-state index in [2.05, 4.69) is 4.74 Å². The van der Waals surface area contributed by atoms with E-state index in [0.29, 0.717) is 18.6 Å². The Bertz CT molecular complexity index is 70.3. The van der Waals surface area contributed by atoms with Gasteiger partial charge in [0.25, 0.3) is 0 Å². The third-order valence-corrected chi connectivity index (χ3v) is 0.669. The minimum Gasteiger partial charge on any atom is -0.457 e. The second-order valence-electron chi connectivity index (χ2n) is 0.801. The number of hydrogen-bond donors (Lipinski definition) is 1. The quantitative estimate of drug-likeness (QED) is 0.459. The lowest BCUT2D eigenvalue weighted by Crippen LogP contribution is -1.98. The average molecular weight is 158 g/mol. The molecular weight excluding hydrogens is 150 g/mol. The summed E-state index contributed by atoms with van der Waals surface area (Å²) in [6.07, 6.45) is 0. The van der Waals surface area contributed by atoms with E-state index in [0.717, 1.165) is 0 Å². The molecule has 0 spiro atoms. The van der Waals surface area contributed by atoms with Crippen LogP contribution in [0.1, 0.15) is 6.92 Å². The van der Waals surface area contributed by atoms with E-state index in [-0.39, 0.29) is 12.4 Å². The van der Waals surface area contributed by atoms with Crippen LogP contribution >= 0.6 is 24.4 Å². The number of nitrogens with two attached hydrogens (primary N) is 1. The molecule has 0 aliphatic heterocycles. The molecule has 2 N–H and O–H groups in total. The van der Waals surface area contributed by atoms with Gasteiger partial charge in [0.1, 0.15) is 0 Å². The summed E-state index contributed by atoms with van der Waals surface area (Å²) in [5.41, 5.74) is 0. The van der Waals surface area contributed by atoms with Crippen LogP contribution in [-0.4, -0.2) is 11.9 Å². The van der Waals surface area contributed by atoms with Crippen molar-refractivity contribution < 1.29 is 9.53 Å². The molecule has 0 aromatic rings. The van der Waals surface area contributed by atoms with E-state index in [9.17, 15) is 4.79 Å². The van der Waals surface area contributed by atoms with Crippen molar-refractivity contribution in [3.05, 3.63) is 0 Å². The van der Waals surface area contributed by atoms with E-state index in [1.807, 2.05) is 0 Å². The summed E-state index contributed by atoms with van der Waals surface area (Å²) in [4.78, 5) is 10.0. The zero-order valence-electron chi connectivity index (χ0n) is 4.42. The number of hydrogen-bond acceptors (Lipinski definition) is 4. The monoisotopic (exact) mass is 157 g/mol. The average Bonchev–Trinajstić information content (AvgIpc) is 1.68. The van der Waals surface area contributed by atoms with Gasteiger partial charge >= 0.3 is 5.30 Å². The maximum Gasteiger partial charge on any atom is 0.382 e. The molecule has 0 amide bonds. The Morgan fingerprint density at radius 2 is 2.38 bits per heavy atom. The number of carbonyl (C=O) groups is 1. The Kier molecular flexibility index (Phi) is 9.68. The molecule has 0 atom stereocenters. The summed E-state index contributed by atoms with van der Waals surface area (Å²) in [7, 11) is 0. The SMILES string of the molecule is CCOC(=O)SN.Cl. The van der Waals surface area contributed by atoms with Gasteiger partial charge in [-0.05, 0) is 6.92 Å². The summed E-state index contributed by atoms with van der Waals surface area (Å²) in [6, 6.07) is 0. The largest absolute Gasteiger partial charge is 0.457 e. The normalized spacial score (nSPS) is 7.25. The van der Waals surface area contributed by atoms with Crippen molar-refractivity contribution in [2.45, 2.75) is 6.92 Å². The molecule has 0 saturated heterocycles. The van der Waals surface area contributed by atoms with E-state index < -0.39 is 5.30 Å². The first-order chi connectivity index (χ1) is 3.31. The van der Waals surface area contributed by atoms with Crippen LogP contribution in [0.25, 0.3) is 0 Å². The molecular formula is C3H8ClNO2S. The summed E-state index contributed by atoms with van der Waals surface area (Å²) in [5.74, 6) is 0. The Hall–Kier alpha value is 0.0700. The first kappa shape index (κ1) is 10.9. The van der Waals surface area contributed by atoms with Crippen molar-refractivity contribution >= 4 is 29.7 Å². The van der Waals surface area contributed by atoms with Crippen LogP contribution in [0.5, 0.6) is 0 Å². The van der Waals surface area contributed by atoms with Crippen LogP contribution in [0.2, 0.25) is 0 Å². The maximum absolute atomic E-state index is 10.0.